The average Bonchev–Trinajstić information content (AvgIpc) is 2.61. The molecule has 21 heavy (non-hydrogen) atoms. The van der Waals surface area contributed by atoms with Crippen LogP contribution in [0, 0.1) is 6.92 Å². The van der Waals surface area contributed by atoms with Crippen LogP contribution in [0.5, 0.6) is 0 Å². The van der Waals surface area contributed by atoms with Gasteiger partial charge in [-0.2, -0.15) is 0 Å². The van der Waals surface area contributed by atoms with Crippen LogP contribution < -0.4 is 11.2 Å². The summed E-state index contributed by atoms with van der Waals surface area (Å²) in [6.45, 7) is 3.21. The molecule has 0 spiro atoms. The van der Waals surface area contributed by atoms with Gasteiger partial charge in [0.15, 0.2) is 17.1 Å². The number of ketones is 2. The van der Waals surface area contributed by atoms with Crippen LogP contribution in [0.25, 0.3) is 0 Å². The Hall–Kier alpha value is -2.76. The Morgan fingerprint density at radius 2 is 1.67 bits per heavy atom. The molecule has 0 fully saturated rings. The van der Waals surface area contributed by atoms with E-state index in [4.69, 9.17) is 0 Å². The number of hydrogen-bond donors (Lipinski definition) is 1. The molecule has 0 saturated carbocycles. The highest BCUT2D eigenvalue weighted by Gasteiger charge is 2.51. The van der Waals surface area contributed by atoms with Crippen molar-refractivity contribution < 1.29 is 9.59 Å². The quantitative estimate of drug-likeness (QED) is 0.778. The summed E-state index contributed by atoms with van der Waals surface area (Å²) in [5.74, 6) is -0.892. The van der Waals surface area contributed by atoms with Crippen molar-refractivity contribution in [3.8, 4) is 0 Å². The number of carbonyl (C=O) groups is 2. The van der Waals surface area contributed by atoms with Crippen molar-refractivity contribution in [2.24, 2.45) is 0 Å². The molecule has 1 heterocycles. The Kier molecular flexibility index (Phi) is 2.59. The molecule has 1 aliphatic rings. The third-order valence-corrected chi connectivity index (χ3v) is 3.85. The number of Topliss-reactive ketones (excluding diaryl/α,β-unsaturated/α-hetero) is 2. The number of hydrogen-bond acceptors (Lipinski definition) is 4. The maximum atomic E-state index is 12.6. The molecule has 0 saturated heterocycles. The van der Waals surface area contributed by atoms with Gasteiger partial charge in [0.2, 0.25) is 0 Å². The highest BCUT2D eigenvalue weighted by atomic mass is 16.2. The van der Waals surface area contributed by atoms with Crippen LogP contribution >= 0.6 is 0 Å². The van der Waals surface area contributed by atoms with Gasteiger partial charge in [0.05, 0.1) is 0 Å². The van der Waals surface area contributed by atoms with Crippen molar-refractivity contribution in [1.29, 1.82) is 0 Å². The molecule has 6 nitrogen and oxygen atoms in total. The summed E-state index contributed by atoms with van der Waals surface area (Å²) in [4.78, 5) is 50.4. The lowest BCUT2D eigenvalue weighted by Crippen LogP contribution is -2.48. The third kappa shape index (κ3) is 1.65. The van der Waals surface area contributed by atoms with Gasteiger partial charge in [-0.15, -0.1) is 0 Å². The standard InChI is InChI=1S/C15H12N2O4/c1-8-3-4-9-10(7-8)13(20)15(2,12(9)19)17-6-5-11(18)16-14(17)21/h3-7H,1-2H3,(H,16,18,21). The molecule has 1 aliphatic carbocycles. The van der Waals surface area contributed by atoms with Gasteiger partial charge in [0.25, 0.3) is 5.56 Å². The number of aryl methyl sites for hydroxylation is 1. The summed E-state index contributed by atoms with van der Waals surface area (Å²) < 4.78 is 0.981. The lowest BCUT2D eigenvalue weighted by molar-refractivity contribution is 0.0728. The van der Waals surface area contributed by atoms with Crippen molar-refractivity contribution in [2.75, 3.05) is 0 Å². The van der Waals surface area contributed by atoms with Crippen LogP contribution in [0.4, 0.5) is 0 Å². The molecule has 6 heteroatoms. The first-order valence-corrected chi connectivity index (χ1v) is 6.38. The van der Waals surface area contributed by atoms with E-state index < -0.39 is 28.4 Å². The van der Waals surface area contributed by atoms with E-state index in [1.165, 1.54) is 13.1 Å². The summed E-state index contributed by atoms with van der Waals surface area (Å²) in [5.41, 5.74) is -1.56. The first-order chi connectivity index (χ1) is 9.85. The number of H-pyrrole nitrogens is 1. The van der Waals surface area contributed by atoms with Crippen LogP contribution in [0.15, 0.2) is 40.1 Å². The molecule has 1 aromatic carbocycles. The van der Waals surface area contributed by atoms with Gasteiger partial charge in [-0.3, -0.25) is 23.9 Å². The summed E-state index contributed by atoms with van der Waals surface area (Å²) >= 11 is 0. The molecule has 0 aliphatic heterocycles. The number of aromatic amines is 1. The highest BCUT2D eigenvalue weighted by Crippen LogP contribution is 2.34. The van der Waals surface area contributed by atoms with E-state index in [0.717, 1.165) is 16.2 Å². The minimum absolute atomic E-state index is 0.297. The topological polar surface area (TPSA) is 89.0 Å². The number of aromatic nitrogens is 2. The minimum Gasteiger partial charge on any atom is -0.291 e. The van der Waals surface area contributed by atoms with E-state index in [1.54, 1.807) is 18.2 Å². The predicted molar refractivity (Wildman–Crippen MR) is 74.8 cm³/mol. The zero-order valence-corrected chi connectivity index (χ0v) is 11.5. The molecule has 0 radical (unpaired) electrons. The predicted octanol–water partition coefficient (Wildman–Crippen LogP) is 0.639. The van der Waals surface area contributed by atoms with E-state index >= 15 is 0 Å². The lowest BCUT2D eigenvalue weighted by Gasteiger charge is -2.22. The van der Waals surface area contributed by atoms with Gasteiger partial charge in [0.1, 0.15) is 0 Å². The molecule has 1 unspecified atom stereocenters. The summed E-state index contributed by atoms with van der Waals surface area (Å²) in [7, 11) is 0. The van der Waals surface area contributed by atoms with Crippen LogP contribution in [0.1, 0.15) is 33.2 Å². The number of nitrogens with one attached hydrogen (secondary N) is 1. The molecule has 0 bridgehead atoms. The van der Waals surface area contributed by atoms with E-state index in [9.17, 15) is 19.2 Å². The number of nitrogens with zero attached hydrogens (tertiary/aromatic N) is 1. The fraction of sp³-hybridized carbons (Fsp3) is 0.200. The molecule has 1 N–H and O–H groups in total. The van der Waals surface area contributed by atoms with Crippen molar-refractivity contribution in [2.45, 2.75) is 19.4 Å². The molecule has 1 atom stereocenters. The molecule has 1 aromatic heterocycles. The summed E-state index contributed by atoms with van der Waals surface area (Å²) in [5, 5.41) is 0. The molecule has 2 aromatic rings. The number of rotatable bonds is 1. The molecular weight excluding hydrogens is 272 g/mol. The Morgan fingerprint density at radius 1 is 1.00 bits per heavy atom. The number of benzene rings is 1. The number of fused-ring (bicyclic) bond motifs is 1. The van der Waals surface area contributed by atoms with Crippen LogP contribution in [-0.4, -0.2) is 21.1 Å². The maximum Gasteiger partial charge on any atom is 0.329 e. The second-order valence-corrected chi connectivity index (χ2v) is 5.26. The largest absolute Gasteiger partial charge is 0.329 e. The van der Waals surface area contributed by atoms with Crippen LogP contribution in [0.3, 0.4) is 0 Å². The minimum atomic E-state index is -1.66. The Morgan fingerprint density at radius 3 is 2.33 bits per heavy atom. The first kappa shape index (κ1) is 13.2. The van der Waals surface area contributed by atoms with E-state index in [1.807, 2.05) is 6.92 Å². The van der Waals surface area contributed by atoms with E-state index in [2.05, 4.69) is 4.98 Å². The zero-order chi connectivity index (χ0) is 15.4. The Labute approximate surface area is 119 Å². The Bertz CT molecular complexity index is 906. The SMILES string of the molecule is Cc1ccc2c(c1)C(=O)C(C)(n1ccc(=O)[nH]c1=O)C2=O. The van der Waals surface area contributed by atoms with Crippen molar-refractivity contribution in [1.82, 2.24) is 9.55 Å². The van der Waals surface area contributed by atoms with Gasteiger partial charge in [-0.05, 0) is 19.9 Å². The second kappa shape index (κ2) is 4.12. The van der Waals surface area contributed by atoms with Crippen LogP contribution in [0.2, 0.25) is 0 Å². The smallest absolute Gasteiger partial charge is 0.291 e. The zero-order valence-electron chi connectivity index (χ0n) is 11.5. The normalized spacial score (nSPS) is 20.7. The second-order valence-electron chi connectivity index (χ2n) is 5.26. The summed E-state index contributed by atoms with van der Waals surface area (Å²) in [6.07, 6.45) is 1.18. The van der Waals surface area contributed by atoms with Gasteiger partial charge < -0.3 is 0 Å². The third-order valence-electron chi connectivity index (χ3n) is 3.85. The monoisotopic (exact) mass is 284 g/mol. The van der Waals surface area contributed by atoms with Crippen LogP contribution in [-0.2, 0) is 5.54 Å². The van der Waals surface area contributed by atoms with Crippen molar-refractivity contribution >= 4 is 11.6 Å². The summed E-state index contributed by atoms with van der Waals surface area (Å²) in [6, 6.07) is 6.08. The molecule has 0 amide bonds. The first-order valence-electron chi connectivity index (χ1n) is 6.38. The van der Waals surface area contributed by atoms with Gasteiger partial charge in [-0.1, -0.05) is 17.7 Å². The van der Waals surface area contributed by atoms with E-state index in [0.29, 0.717) is 11.1 Å². The highest BCUT2D eigenvalue weighted by molar-refractivity contribution is 6.30. The number of carbonyl (C=O) groups excluding carboxylic acids is 2. The fourth-order valence-corrected chi connectivity index (χ4v) is 2.66. The average molecular weight is 284 g/mol. The van der Waals surface area contributed by atoms with Gasteiger partial charge >= 0.3 is 5.69 Å². The lowest BCUT2D eigenvalue weighted by atomic mass is 9.95. The van der Waals surface area contributed by atoms with E-state index in [-0.39, 0.29) is 0 Å². The van der Waals surface area contributed by atoms with Gasteiger partial charge in [-0.25, -0.2) is 4.79 Å². The fourth-order valence-electron chi connectivity index (χ4n) is 2.66. The molecular formula is C15H12N2O4. The maximum absolute atomic E-state index is 12.6. The van der Waals surface area contributed by atoms with Gasteiger partial charge in [0, 0.05) is 23.4 Å². The Balaban J connectivity index is 2.29. The van der Waals surface area contributed by atoms with Crippen molar-refractivity contribution in [3.05, 3.63) is 68.0 Å². The molecule has 3 rings (SSSR count). The van der Waals surface area contributed by atoms with Crippen molar-refractivity contribution in [3.63, 3.8) is 0 Å². The molecule has 106 valence electrons.